The van der Waals surface area contributed by atoms with Gasteiger partial charge in [0, 0.05) is 6.08 Å². The second kappa shape index (κ2) is 21.4. The largest absolute Gasteiger partial charge is 1.00 e. The minimum atomic E-state index is -0.300. The van der Waals surface area contributed by atoms with Gasteiger partial charge in [0.1, 0.15) is 0 Å². The predicted octanol–water partition coefficient (Wildman–Crippen LogP) is 3.67. The lowest BCUT2D eigenvalue weighted by molar-refractivity contribution is -0.870. The van der Waals surface area contributed by atoms with Crippen LogP contribution in [-0.2, 0) is 9.53 Å². The van der Waals surface area contributed by atoms with Crippen molar-refractivity contribution in [2.24, 2.45) is 0 Å². The van der Waals surface area contributed by atoms with Crippen molar-refractivity contribution in [2.75, 3.05) is 34.3 Å². The van der Waals surface area contributed by atoms with Crippen molar-refractivity contribution in [1.82, 2.24) is 0 Å². The Morgan fingerprint density at radius 2 is 1.00 bits per heavy atom. The molecule has 0 saturated heterocycles. The van der Waals surface area contributed by atoms with E-state index < -0.39 is 0 Å². The standard InChI is InChI=1S/C24H48NO2.BrH/c1-5-24(26)27-23-21-19-17-15-13-11-9-7-6-8-10-12-14-16-18-20-22-25(2,3)4;/h5H,1,6-23H2,2-4H3;1H/q+1;/p-1. The van der Waals surface area contributed by atoms with Gasteiger partial charge >= 0.3 is 5.97 Å². The van der Waals surface area contributed by atoms with Crippen LogP contribution in [0.5, 0.6) is 0 Å². The molecule has 0 radical (unpaired) electrons. The fourth-order valence-corrected chi connectivity index (χ4v) is 3.39. The first-order chi connectivity index (χ1) is 13.0. The smallest absolute Gasteiger partial charge is 0.330 e. The fraction of sp³-hybridized carbons (Fsp3) is 0.875. The average Bonchev–Trinajstić information content (AvgIpc) is 2.62. The van der Waals surface area contributed by atoms with Gasteiger partial charge in [-0.1, -0.05) is 90.0 Å². The Kier molecular flexibility index (Phi) is 22.8. The van der Waals surface area contributed by atoms with E-state index in [4.69, 9.17) is 4.74 Å². The minimum absolute atomic E-state index is 0. The monoisotopic (exact) mass is 461 g/mol. The second-order valence-electron chi connectivity index (χ2n) is 9.04. The summed E-state index contributed by atoms with van der Waals surface area (Å²) >= 11 is 0. The number of ether oxygens (including phenoxy) is 1. The summed E-state index contributed by atoms with van der Waals surface area (Å²) in [6.45, 7) is 5.24. The lowest BCUT2D eigenvalue weighted by Gasteiger charge is -2.23. The number of hydrogen-bond donors (Lipinski definition) is 0. The zero-order chi connectivity index (χ0) is 20.2. The Morgan fingerprint density at radius 3 is 1.32 bits per heavy atom. The van der Waals surface area contributed by atoms with Crippen molar-refractivity contribution in [3.8, 4) is 0 Å². The number of carbonyl (C=O) groups is 1. The average molecular weight is 463 g/mol. The van der Waals surface area contributed by atoms with E-state index in [2.05, 4.69) is 27.7 Å². The molecule has 0 amide bonds. The number of hydrogen-bond acceptors (Lipinski definition) is 2. The second-order valence-corrected chi connectivity index (χ2v) is 9.04. The maximum Gasteiger partial charge on any atom is 0.330 e. The van der Waals surface area contributed by atoms with Gasteiger partial charge in [-0.25, -0.2) is 4.79 Å². The van der Waals surface area contributed by atoms with Gasteiger partial charge in [-0.05, 0) is 19.3 Å². The van der Waals surface area contributed by atoms with Crippen LogP contribution in [0.25, 0.3) is 0 Å². The Labute approximate surface area is 186 Å². The first-order valence-electron chi connectivity index (χ1n) is 11.6. The highest BCUT2D eigenvalue weighted by molar-refractivity contribution is 5.81. The maximum absolute atomic E-state index is 10.9. The third-order valence-electron chi connectivity index (χ3n) is 5.13. The predicted molar refractivity (Wildman–Crippen MR) is 118 cm³/mol. The van der Waals surface area contributed by atoms with Crippen molar-refractivity contribution >= 4 is 5.97 Å². The summed E-state index contributed by atoms with van der Waals surface area (Å²) in [7, 11) is 6.85. The molecule has 0 aromatic rings. The Hall–Kier alpha value is -0.350. The van der Waals surface area contributed by atoms with E-state index in [0.717, 1.165) is 10.9 Å². The quantitative estimate of drug-likeness (QED) is 0.119. The SMILES string of the molecule is C=CC(=O)OCCCCCCCCCCCCCCCCCC[N+](C)(C)C.[Br-]. The summed E-state index contributed by atoms with van der Waals surface area (Å²) < 4.78 is 6.07. The number of esters is 1. The number of nitrogens with zero attached hydrogens (tertiary/aromatic N) is 1. The number of halogens is 1. The van der Waals surface area contributed by atoms with E-state index in [9.17, 15) is 4.79 Å². The Bertz CT molecular complexity index is 353. The highest BCUT2D eigenvalue weighted by atomic mass is 79.9. The molecule has 3 nitrogen and oxygen atoms in total. The molecule has 4 heteroatoms. The van der Waals surface area contributed by atoms with Crippen LogP contribution in [0, 0.1) is 0 Å². The first-order valence-corrected chi connectivity index (χ1v) is 11.6. The van der Waals surface area contributed by atoms with E-state index in [0.29, 0.717) is 6.61 Å². The third-order valence-corrected chi connectivity index (χ3v) is 5.13. The molecule has 0 fully saturated rings. The molecule has 0 heterocycles. The third kappa shape index (κ3) is 25.6. The molecule has 0 aliphatic carbocycles. The van der Waals surface area contributed by atoms with Crippen LogP contribution in [0.3, 0.4) is 0 Å². The van der Waals surface area contributed by atoms with E-state index in [1.54, 1.807) is 0 Å². The summed E-state index contributed by atoms with van der Waals surface area (Å²) in [5, 5.41) is 0. The highest BCUT2D eigenvalue weighted by Crippen LogP contribution is 2.14. The summed E-state index contributed by atoms with van der Waals surface area (Å²) in [6.07, 6.45) is 22.9. The molecule has 0 aromatic heterocycles. The first kappa shape index (κ1) is 29.8. The molecule has 0 aromatic carbocycles. The van der Waals surface area contributed by atoms with Gasteiger partial charge in [-0.15, -0.1) is 0 Å². The molecule has 0 saturated carbocycles. The van der Waals surface area contributed by atoms with Gasteiger partial charge < -0.3 is 26.2 Å². The molecule has 0 atom stereocenters. The van der Waals surface area contributed by atoms with Gasteiger partial charge in [0.05, 0.1) is 34.3 Å². The molecule has 168 valence electrons. The van der Waals surface area contributed by atoms with Crippen LogP contribution in [-0.4, -0.2) is 44.7 Å². The van der Waals surface area contributed by atoms with E-state index in [1.165, 1.54) is 109 Å². The summed E-state index contributed by atoms with van der Waals surface area (Å²) in [5.41, 5.74) is 0. The summed E-state index contributed by atoms with van der Waals surface area (Å²) in [5.74, 6) is -0.300. The van der Waals surface area contributed by atoms with Crippen molar-refractivity contribution in [2.45, 2.75) is 103 Å². The maximum atomic E-state index is 10.9. The van der Waals surface area contributed by atoms with E-state index in [1.807, 2.05) is 0 Å². The van der Waals surface area contributed by atoms with Crippen molar-refractivity contribution in [1.29, 1.82) is 0 Å². The number of rotatable bonds is 20. The van der Waals surface area contributed by atoms with Gasteiger partial charge in [0.2, 0.25) is 0 Å². The lowest BCUT2D eigenvalue weighted by Crippen LogP contribution is -3.00. The number of carbonyl (C=O) groups excluding carboxylic acids is 1. The van der Waals surface area contributed by atoms with Crippen LogP contribution >= 0.6 is 0 Å². The van der Waals surface area contributed by atoms with Gasteiger partial charge in [-0.3, -0.25) is 0 Å². The molecule has 0 spiro atoms. The van der Waals surface area contributed by atoms with Crippen LogP contribution in [0.15, 0.2) is 12.7 Å². The molecule has 0 aliphatic rings. The molecule has 0 N–H and O–H groups in total. The topological polar surface area (TPSA) is 26.3 Å². The van der Waals surface area contributed by atoms with Gasteiger partial charge in [-0.2, -0.15) is 0 Å². The molecule has 0 aliphatic heterocycles. The summed E-state index contributed by atoms with van der Waals surface area (Å²) in [4.78, 5) is 10.9. The molecular formula is C24H48BrNO2. The zero-order valence-electron chi connectivity index (χ0n) is 19.2. The van der Waals surface area contributed by atoms with Crippen molar-refractivity contribution in [3.05, 3.63) is 12.7 Å². The van der Waals surface area contributed by atoms with E-state index in [-0.39, 0.29) is 23.0 Å². The van der Waals surface area contributed by atoms with Gasteiger partial charge in [0.25, 0.3) is 0 Å². The zero-order valence-corrected chi connectivity index (χ0v) is 20.7. The normalized spacial score (nSPS) is 11.1. The molecule has 0 rings (SSSR count). The van der Waals surface area contributed by atoms with Gasteiger partial charge in [0.15, 0.2) is 0 Å². The van der Waals surface area contributed by atoms with Crippen LogP contribution < -0.4 is 17.0 Å². The van der Waals surface area contributed by atoms with Crippen LogP contribution in [0.2, 0.25) is 0 Å². The minimum Gasteiger partial charge on any atom is -1.00 e. The number of quaternary nitrogens is 1. The van der Waals surface area contributed by atoms with Crippen molar-refractivity contribution in [3.63, 3.8) is 0 Å². The molecule has 0 unspecified atom stereocenters. The molecule has 28 heavy (non-hydrogen) atoms. The fourth-order valence-electron chi connectivity index (χ4n) is 3.39. The van der Waals surface area contributed by atoms with Crippen LogP contribution in [0.4, 0.5) is 0 Å². The molecular weight excluding hydrogens is 414 g/mol. The van der Waals surface area contributed by atoms with Crippen molar-refractivity contribution < 1.29 is 31.0 Å². The lowest BCUT2D eigenvalue weighted by atomic mass is 10.0. The summed E-state index contributed by atoms with van der Waals surface area (Å²) in [6, 6.07) is 0. The Balaban J connectivity index is 0. The van der Waals surface area contributed by atoms with Crippen LogP contribution in [0.1, 0.15) is 103 Å². The number of unbranched alkanes of at least 4 members (excludes halogenated alkanes) is 15. The molecule has 0 bridgehead atoms. The highest BCUT2D eigenvalue weighted by Gasteiger charge is 2.05. The Morgan fingerprint density at radius 1 is 0.679 bits per heavy atom. The van der Waals surface area contributed by atoms with E-state index >= 15 is 0 Å².